The SMILES string of the molecule is CN(CCC(=O)O)C(=O)NCc1cccc(COCc2ccccc2)c1. The van der Waals surface area contributed by atoms with Gasteiger partial charge in [0.2, 0.25) is 0 Å². The monoisotopic (exact) mass is 356 g/mol. The van der Waals surface area contributed by atoms with Crippen molar-refractivity contribution in [2.45, 2.75) is 26.2 Å². The Kier molecular flexibility index (Phi) is 7.64. The maximum atomic E-state index is 11.9. The Morgan fingerprint density at radius 3 is 2.38 bits per heavy atom. The van der Waals surface area contributed by atoms with Crippen molar-refractivity contribution in [1.82, 2.24) is 10.2 Å². The maximum absolute atomic E-state index is 11.9. The molecule has 0 atom stereocenters. The molecule has 2 N–H and O–H groups in total. The number of hydrogen-bond acceptors (Lipinski definition) is 3. The molecule has 26 heavy (non-hydrogen) atoms. The fourth-order valence-corrected chi connectivity index (χ4v) is 2.37. The van der Waals surface area contributed by atoms with Crippen LogP contribution in [-0.4, -0.2) is 35.6 Å². The summed E-state index contributed by atoms with van der Waals surface area (Å²) < 4.78 is 5.73. The second-order valence-electron chi connectivity index (χ2n) is 6.02. The minimum atomic E-state index is -0.923. The molecule has 0 saturated carbocycles. The van der Waals surface area contributed by atoms with Gasteiger partial charge < -0.3 is 20.1 Å². The van der Waals surface area contributed by atoms with Gasteiger partial charge in [0.1, 0.15) is 0 Å². The highest BCUT2D eigenvalue weighted by Crippen LogP contribution is 2.09. The Morgan fingerprint density at radius 1 is 1.00 bits per heavy atom. The van der Waals surface area contributed by atoms with Crippen molar-refractivity contribution < 1.29 is 19.4 Å². The molecule has 0 aliphatic carbocycles. The van der Waals surface area contributed by atoms with Gasteiger partial charge in [0.05, 0.1) is 19.6 Å². The maximum Gasteiger partial charge on any atom is 0.317 e. The zero-order chi connectivity index (χ0) is 18.8. The van der Waals surface area contributed by atoms with Gasteiger partial charge in [0.15, 0.2) is 0 Å². The van der Waals surface area contributed by atoms with Crippen LogP contribution < -0.4 is 5.32 Å². The molecule has 138 valence electrons. The molecule has 2 aromatic rings. The summed E-state index contributed by atoms with van der Waals surface area (Å²) in [4.78, 5) is 23.9. The lowest BCUT2D eigenvalue weighted by molar-refractivity contribution is -0.137. The van der Waals surface area contributed by atoms with Crippen LogP contribution in [0.2, 0.25) is 0 Å². The zero-order valence-electron chi connectivity index (χ0n) is 14.9. The first-order valence-corrected chi connectivity index (χ1v) is 8.45. The highest BCUT2D eigenvalue weighted by Gasteiger charge is 2.09. The number of carboxylic acids is 1. The molecule has 6 nitrogen and oxygen atoms in total. The summed E-state index contributed by atoms with van der Waals surface area (Å²) in [7, 11) is 1.58. The minimum absolute atomic E-state index is 0.0713. The molecule has 2 aromatic carbocycles. The zero-order valence-corrected chi connectivity index (χ0v) is 14.9. The topological polar surface area (TPSA) is 78.9 Å². The smallest absolute Gasteiger partial charge is 0.317 e. The van der Waals surface area contributed by atoms with Crippen LogP contribution in [0.5, 0.6) is 0 Å². The van der Waals surface area contributed by atoms with Gasteiger partial charge in [-0.25, -0.2) is 4.79 Å². The fraction of sp³-hybridized carbons (Fsp3) is 0.300. The van der Waals surface area contributed by atoms with E-state index in [1.807, 2.05) is 54.6 Å². The van der Waals surface area contributed by atoms with E-state index >= 15 is 0 Å². The molecule has 2 rings (SSSR count). The number of urea groups is 1. The molecule has 0 fully saturated rings. The van der Waals surface area contributed by atoms with Crippen LogP contribution in [0.25, 0.3) is 0 Å². The lowest BCUT2D eigenvalue weighted by atomic mass is 10.1. The first-order valence-electron chi connectivity index (χ1n) is 8.45. The first-order chi connectivity index (χ1) is 12.5. The minimum Gasteiger partial charge on any atom is -0.481 e. The molecule has 2 amide bonds. The van der Waals surface area contributed by atoms with E-state index in [0.29, 0.717) is 19.8 Å². The van der Waals surface area contributed by atoms with Crippen molar-refractivity contribution in [3.63, 3.8) is 0 Å². The van der Waals surface area contributed by atoms with Crippen molar-refractivity contribution in [2.24, 2.45) is 0 Å². The van der Waals surface area contributed by atoms with Gasteiger partial charge in [-0.1, -0.05) is 54.6 Å². The summed E-state index contributed by atoms with van der Waals surface area (Å²) in [6.45, 7) is 1.60. The van der Waals surface area contributed by atoms with E-state index in [1.165, 1.54) is 4.90 Å². The van der Waals surface area contributed by atoms with Gasteiger partial charge in [0.25, 0.3) is 0 Å². The number of carboxylic acid groups (broad SMARTS) is 1. The Balaban J connectivity index is 1.77. The number of ether oxygens (including phenoxy) is 1. The third-order valence-corrected chi connectivity index (χ3v) is 3.82. The van der Waals surface area contributed by atoms with Gasteiger partial charge in [-0.05, 0) is 16.7 Å². The van der Waals surface area contributed by atoms with E-state index in [2.05, 4.69) is 5.32 Å². The molecule has 0 bridgehead atoms. The highest BCUT2D eigenvalue weighted by atomic mass is 16.5. The highest BCUT2D eigenvalue weighted by molar-refractivity contribution is 5.75. The third kappa shape index (κ3) is 6.94. The van der Waals surface area contributed by atoms with Crippen molar-refractivity contribution in [1.29, 1.82) is 0 Å². The Labute approximate surface area is 153 Å². The summed E-state index contributed by atoms with van der Waals surface area (Å²) in [5, 5.41) is 11.4. The van der Waals surface area contributed by atoms with Crippen molar-refractivity contribution in [2.75, 3.05) is 13.6 Å². The van der Waals surface area contributed by atoms with Crippen LogP contribution >= 0.6 is 0 Å². The Morgan fingerprint density at radius 2 is 1.65 bits per heavy atom. The van der Waals surface area contributed by atoms with Crippen molar-refractivity contribution >= 4 is 12.0 Å². The predicted octanol–water partition coefficient (Wildman–Crippen LogP) is 3.02. The number of carbonyl (C=O) groups is 2. The van der Waals surface area contributed by atoms with Crippen LogP contribution in [0.4, 0.5) is 4.79 Å². The molecule has 0 aliphatic rings. The molecule has 0 unspecified atom stereocenters. The second kappa shape index (κ2) is 10.2. The number of rotatable bonds is 9. The quantitative estimate of drug-likeness (QED) is 0.724. The molecular formula is C20H24N2O4. The van der Waals surface area contributed by atoms with Crippen LogP contribution in [0, 0.1) is 0 Å². The average molecular weight is 356 g/mol. The van der Waals surface area contributed by atoms with Gasteiger partial charge in [0, 0.05) is 20.1 Å². The second-order valence-corrected chi connectivity index (χ2v) is 6.02. The number of nitrogens with one attached hydrogen (secondary N) is 1. The fourth-order valence-electron chi connectivity index (χ4n) is 2.37. The van der Waals surface area contributed by atoms with Crippen LogP contribution in [0.15, 0.2) is 54.6 Å². The summed E-state index contributed by atoms with van der Waals surface area (Å²) in [6, 6.07) is 17.5. The van der Waals surface area contributed by atoms with E-state index in [-0.39, 0.29) is 19.0 Å². The molecule has 0 aliphatic heterocycles. The number of carbonyl (C=O) groups excluding carboxylic acids is 1. The number of nitrogens with zero attached hydrogens (tertiary/aromatic N) is 1. The van der Waals surface area contributed by atoms with Gasteiger partial charge in [-0.15, -0.1) is 0 Å². The van der Waals surface area contributed by atoms with Crippen LogP contribution in [0.3, 0.4) is 0 Å². The molecule has 0 aromatic heterocycles. The molecule has 0 saturated heterocycles. The van der Waals surface area contributed by atoms with Crippen LogP contribution in [-0.2, 0) is 29.3 Å². The largest absolute Gasteiger partial charge is 0.481 e. The summed E-state index contributed by atoms with van der Waals surface area (Å²) >= 11 is 0. The number of aliphatic carboxylic acids is 1. The molecule has 6 heteroatoms. The molecule has 0 spiro atoms. The Bertz CT molecular complexity index is 719. The lowest BCUT2D eigenvalue weighted by Gasteiger charge is -2.17. The van der Waals surface area contributed by atoms with Crippen molar-refractivity contribution in [3.8, 4) is 0 Å². The number of hydrogen-bond donors (Lipinski definition) is 2. The van der Waals surface area contributed by atoms with E-state index in [4.69, 9.17) is 9.84 Å². The van der Waals surface area contributed by atoms with Gasteiger partial charge in [-0.3, -0.25) is 4.79 Å². The van der Waals surface area contributed by atoms with Crippen molar-refractivity contribution in [3.05, 3.63) is 71.3 Å². The predicted molar refractivity (Wildman–Crippen MR) is 98.5 cm³/mol. The molecular weight excluding hydrogens is 332 g/mol. The standard InChI is InChI=1S/C20H24N2O4/c1-22(11-10-19(23)24)20(25)21-13-17-8-5-9-18(12-17)15-26-14-16-6-3-2-4-7-16/h2-9,12H,10-11,13-15H2,1H3,(H,21,25)(H,23,24). The molecule has 0 radical (unpaired) electrons. The first kappa shape index (κ1) is 19.5. The molecule has 0 heterocycles. The number of benzene rings is 2. The summed E-state index contributed by atoms with van der Waals surface area (Å²) in [6.07, 6.45) is -0.0713. The Hall–Kier alpha value is -2.86. The number of amides is 2. The third-order valence-electron chi connectivity index (χ3n) is 3.82. The summed E-state index contributed by atoms with van der Waals surface area (Å²) in [5.74, 6) is -0.923. The van der Waals surface area contributed by atoms with Crippen LogP contribution in [0.1, 0.15) is 23.1 Å². The van der Waals surface area contributed by atoms with E-state index in [1.54, 1.807) is 7.05 Å². The summed E-state index contributed by atoms with van der Waals surface area (Å²) in [5.41, 5.74) is 3.12. The lowest BCUT2D eigenvalue weighted by Crippen LogP contribution is -2.37. The van der Waals surface area contributed by atoms with E-state index in [9.17, 15) is 9.59 Å². The van der Waals surface area contributed by atoms with Gasteiger partial charge in [-0.2, -0.15) is 0 Å². The van der Waals surface area contributed by atoms with E-state index < -0.39 is 5.97 Å². The normalized spacial score (nSPS) is 10.3. The van der Waals surface area contributed by atoms with E-state index in [0.717, 1.165) is 16.7 Å². The van der Waals surface area contributed by atoms with Gasteiger partial charge >= 0.3 is 12.0 Å². The average Bonchev–Trinajstić information content (AvgIpc) is 2.65.